The molecule has 2 aliphatic rings. The van der Waals surface area contributed by atoms with Crippen LogP contribution in [0.3, 0.4) is 0 Å². The lowest BCUT2D eigenvalue weighted by Crippen LogP contribution is -2.47. The summed E-state index contributed by atoms with van der Waals surface area (Å²) in [6.45, 7) is 8.44. The molecule has 3 rings (SSSR count). The molecule has 0 saturated carbocycles. The van der Waals surface area contributed by atoms with Crippen molar-refractivity contribution >= 4 is 32.4 Å². The molecular weight excluding hydrogens is 338 g/mol. The van der Waals surface area contributed by atoms with Crippen LogP contribution in [0.5, 0.6) is 0 Å². The smallest absolute Gasteiger partial charge is 0.209 e. The van der Waals surface area contributed by atoms with Gasteiger partial charge in [-0.25, -0.2) is 0 Å². The van der Waals surface area contributed by atoms with E-state index in [1.165, 1.54) is 45.6 Å². The first kappa shape index (κ1) is 14.7. The van der Waals surface area contributed by atoms with E-state index in [9.17, 15) is 0 Å². The summed E-state index contributed by atoms with van der Waals surface area (Å²) in [5.74, 6) is 0.853. The van der Waals surface area contributed by atoms with Crippen LogP contribution < -0.4 is 4.90 Å². The lowest BCUT2D eigenvalue weighted by Gasteiger charge is -2.37. The molecule has 0 radical (unpaired) electrons. The van der Waals surface area contributed by atoms with E-state index in [0.717, 1.165) is 28.1 Å². The molecule has 5 nitrogen and oxygen atoms in total. The number of rotatable bonds is 3. The summed E-state index contributed by atoms with van der Waals surface area (Å²) < 4.78 is 0.882. The fraction of sp³-hybridized carbons (Fsp3) is 0.846. The Morgan fingerprint density at radius 1 is 1.10 bits per heavy atom. The maximum absolute atomic E-state index is 4.22. The van der Waals surface area contributed by atoms with Crippen molar-refractivity contribution in [3.05, 3.63) is 3.92 Å². The highest BCUT2D eigenvalue weighted by atomic mass is 79.9. The third-order valence-electron chi connectivity index (χ3n) is 4.39. The highest BCUT2D eigenvalue weighted by molar-refractivity contribution is 9.11. The Kier molecular flexibility index (Phi) is 4.91. The van der Waals surface area contributed by atoms with Gasteiger partial charge in [0, 0.05) is 45.8 Å². The number of piperidine rings is 1. The maximum atomic E-state index is 4.22. The molecule has 1 aromatic heterocycles. The number of nitrogens with zero attached hydrogens (tertiary/aromatic N) is 5. The Morgan fingerprint density at radius 2 is 1.80 bits per heavy atom. The second-order valence-corrected chi connectivity index (χ2v) is 8.10. The van der Waals surface area contributed by atoms with Crippen LogP contribution in [-0.4, -0.2) is 72.9 Å². The molecule has 3 heterocycles. The molecule has 0 atom stereocenters. The van der Waals surface area contributed by atoms with E-state index >= 15 is 0 Å². The zero-order valence-corrected chi connectivity index (χ0v) is 14.4. The number of hydrogen-bond acceptors (Lipinski definition) is 6. The molecule has 0 N–H and O–H groups in total. The van der Waals surface area contributed by atoms with Crippen molar-refractivity contribution in [1.82, 2.24) is 20.0 Å². The summed E-state index contributed by atoms with van der Waals surface area (Å²) in [7, 11) is 2.22. The summed E-state index contributed by atoms with van der Waals surface area (Å²) in [6.07, 6.45) is 2.56. The summed E-state index contributed by atoms with van der Waals surface area (Å²) in [5, 5.41) is 9.33. The molecule has 112 valence electrons. The van der Waals surface area contributed by atoms with Crippen LogP contribution in [0, 0.1) is 5.92 Å². The Hall–Kier alpha value is -0.240. The average Bonchev–Trinajstić information content (AvgIpc) is 2.89. The SMILES string of the molecule is CN1CCN(CC2CCN(c3nnc(Br)s3)CC2)CC1. The van der Waals surface area contributed by atoms with E-state index in [1.807, 2.05) is 0 Å². The second-order valence-electron chi connectivity index (χ2n) is 5.87. The van der Waals surface area contributed by atoms with Crippen LogP contribution in [-0.2, 0) is 0 Å². The van der Waals surface area contributed by atoms with E-state index < -0.39 is 0 Å². The molecular formula is C13H22BrN5S. The number of likely N-dealkylation sites (N-methyl/N-ethyl adjacent to an activating group) is 1. The number of hydrogen-bond donors (Lipinski definition) is 0. The van der Waals surface area contributed by atoms with Crippen LogP contribution in [0.25, 0.3) is 0 Å². The van der Waals surface area contributed by atoms with Gasteiger partial charge in [0.05, 0.1) is 0 Å². The number of aromatic nitrogens is 2. The van der Waals surface area contributed by atoms with Gasteiger partial charge in [-0.1, -0.05) is 11.3 Å². The van der Waals surface area contributed by atoms with Crippen molar-refractivity contribution in [2.24, 2.45) is 5.92 Å². The van der Waals surface area contributed by atoms with Crippen molar-refractivity contribution in [1.29, 1.82) is 0 Å². The van der Waals surface area contributed by atoms with Gasteiger partial charge in [0.25, 0.3) is 0 Å². The lowest BCUT2D eigenvalue weighted by molar-refractivity contribution is 0.129. The molecule has 20 heavy (non-hydrogen) atoms. The fourth-order valence-corrected chi connectivity index (χ4v) is 4.17. The number of anilines is 1. The lowest BCUT2D eigenvalue weighted by atomic mass is 9.96. The normalized spacial score (nSPS) is 23.4. The molecule has 0 bridgehead atoms. The topological polar surface area (TPSA) is 35.5 Å². The van der Waals surface area contributed by atoms with Gasteiger partial charge < -0.3 is 14.7 Å². The molecule has 0 aliphatic carbocycles. The average molecular weight is 360 g/mol. The monoisotopic (exact) mass is 359 g/mol. The zero-order chi connectivity index (χ0) is 13.9. The maximum Gasteiger partial charge on any atom is 0.209 e. The standard InChI is InChI=1S/C13H22BrN5S/c1-17-6-8-18(9-7-17)10-11-2-4-19(5-3-11)13-16-15-12(14)20-13/h11H,2-10H2,1H3. The molecule has 2 aliphatic heterocycles. The van der Waals surface area contributed by atoms with Gasteiger partial charge in [0.2, 0.25) is 5.13 Å². The van der Waals surface area contributed by atoms with Gasteiger partial charge in [-0.15, -0.1) is 10.2 Å². The predicted molar refractivity (Wildman–Crippen MR) is 86.5 cm³/mol. The van der Waals surface area contributed by atoms with E-state index in [0.29, 0.717) is 0 Å². The minimum absolute atomic E-state index is 0.853. The molecule has 0 spiro atoms. The van der Waals surface area contributed by atoms with Crippen molar-refractivity contribution in [3.8, 4) is 0 Å². The summed E-state index contributed by atoms with van der Waals surface area (Å²) in [6, 6.07) is 0. The fourth-order valence-electron chi connectivity index (χ4n) is 3.03. The van der Waals surface area contributed by atoms with E-state index in [1.54, 1.807) is 11.3 Å². The van der Waals surface area contributed by atoms with Crippen LogP contribution in [0.1, 0.15) is 12.8 Å². The van der Waals surface area contributed by atoms with Crippen LogP contribution in [0.4, 0.5) is 5.13 Å². The van der Waals surface area contributed by atoms with Crippen molar-refractivity contribution in [2.45, 2.75) is 12.8 Å². The third-order valence-corrected chi connectivity index (χ3v) is 5.80. The summed E-state index contributed by atoms with van der Waals surface area (Å²) in [5.41, 5.74) is 0. The highest BCUT2D eigenvalue weighted by Crippen LogP contribution is 2.28. The molecule has 0 unspecified atom stereocenters. The number of piperazine rings is 1. The van der Waals surface area contributed by atoms with Crippen molar-refractivity contribution in [2.75, 3.05) is 57.8 Å². The molecule has 2 saturated heterocycles. The predicted octanol–water partition coefficient (Wildman–Crippen LogP) is 1.76. The molecule has 2 fully saturated rings. The van der Waals surface area contributed by atoms with E-state index in [2.05, 4.69) is 47.9 Å². The minimum atomic E-state index is 0.853. The molecule has 1 aromatic rings. The van der Waals surface area contributed by atoms with Gasteiger partial charge in [-0.2, -0.15) is 0 Å². The molecule has 0 amide bonds. The minimum Gasteiger partial charge on any atom is -0.347 e. The van der Waals surface area contributed by atoms with Gasteiger partial charge in [-0.3, -0.25) is 0 Å². The first-order valence-electron chi connectivity index (χ1n) is 7.35. The van der Waals surface area contributed by atoms with Gasteiger partial charge in [-0.05, 0) is 41.7 Å². The van der Waals surface area contributed by atoms with Crippen LogP contribution >= 0.6 is 27.3 Å². The first-order valence-corrected chi connectivity index (χ1v) is 8.96. The van der Waals surface area contributed by atoms with E-state index in [-0.39, 0.29) is 0 Å². The second kappa shape index (κ2) is 6.68. The summed E-state index contributed by atoms with van der Waals surface area (Å²) >= 11 is 5.02. The van der Waals surface area contributed by atoms with Gasteiger partial charge in [0.15, 0.2) is 3.92 Å². The zero-order valence-electron chi connectivity index (χ0n) is 12.0. The Labute approximate surface area is 133 Å². The quantitative estimate of drug-likeness (QED) is 0.821. The van der Waals surface area contributed by atoms with Crippen molar-refractivity contribution in [3.63, 3.8) is 0 Å². The van der Waals surface area contributed by atoms with Crippen LogP contribution in [0.15, 0.2) is 3.92 Å². The largest absolute Gasteiger partial charge is 0.347 e. The van der Waals surface area contributed by atoms with E-state index in [4.69, 9.17) is 0 Å². The Bertz CT molecular complexity index is 424. The van der Waals surface area contributed by atoms with Crippen LogP contribution in [0.2, 0.25) is 0 Å². The Balaban J connectivity index is 1.44. The highest BCUT2D eigenvalue weighted by Gasteiger charge is 2.24. The first-order chi connectivity index (χ1) is 9.70. The molecule has 7 heteroatoms. The molecule has 0 aromatic carbocycles. The Morgan fingerprint density at radius 3 is 2.40 bits per heavy atom. The van der Waals surface area contributed by atoms with Gasteiger partial charge in [0.1, 0.15) is 0 Å². The summed E-state index contributed by atoms with van der Waals surface area (Å²) in [4.78, 5) is 7.44. The third kappa shape index (κ3) is 3.69. The van der Waals surface area contributed by atoms with Gasteiger partial charge >= 0.3 is 0 Å². The van der Waals surface area contributed by atoms with Crippen molar-refractivity contribution < 1.29 is 0 Å². The number of halogens is 1.